The number of benzene rings is 1. The third-order valence-corrected chi connectivity index (χ3v) is 4.54. The van der Waals surface area contributed by atoms with Crippen molar-refractivity contribution in [3.63, 3.8) is 0 Å². The Labute approximate surface area is 138 Å². The maximum absolute atomic E-state index is 4.52. The van der Waals surface area contributed by atoms with Gasteiger partial charge in [-0.05, 0) is 30.4 Å². The summed E-state index contributed by atoms with van der Waals surface area (Å²) in [5, 5.41) is 3.56. The Kier molecular flexibility index (Phi) is 4.94. The highest BCUT2D eigenvalue weighted by Crippen LogP contribution is 2.36. The Morgan fingerprint density at radius 2 is 2.15 bits per heavy atom. The largest absolute Gasteiger partial charge is 0.355 e. The van der Waals surface area contributed by atoms with Crippen LogP contribution in [0.4, 0.5) is 0 Å². The smallest absolute Gasteiger partial charge is 0.193 e. The van der Waals surface area contributed by atoms with Gasteiger partial charge in [0.15, 0.2) is 5.96 Å². The van der Waals surface area contributed by atoms with Crippen molar-refractivity contribution in [2.24, 2.45) is 4.99 Å². The third kappa shape index (κ3) is 2.95. The van der Waals surface area contributed by atoms with Gasteiger partial charge in [-0.2, -0.15) is 0 Å². The standard InChI is InChI=1S/C16H23N3.HI/c1-16(12-18-15-17-10-11-19(15)2)9-5-7-13-6-3-4-8-14(13)16;/h3-4,6,8H,5,7,9-12H2,1-2H3,(H,17,18);1H. The molecule has 20 heavy (non-hydrogen) atoms. The summed E-state index contributed by atoms with van der Waals surface area (Å²) in [7, 11) is 2.11. The first-order chi connectivity index (χ1) is 9.19. The lowest BCUT2D eigenvalue weighted by Crippen LogP contribution is -2.44. The first-order valence-corrected chi connectivity index (χ1v) is 7.27. The van der Waals surface area contributed by atoms with Crippen molar-refractivity contribution < 1.29 is 0 Å². The lowest BCUT2D eigenvalue weighted by atomic mass is 9.71. The van der Waals surface area contributed by atoms with Crippen LogP contribution in [0.3, 0.4) is 0 Å². The van der Waals surface area contributed by atoms with Crippen molar-refractivity contribution in [1.29, 1.82) is 0 Å². The van der Waals surface area contributed by atoms with E-state index in [-0.39, 0.29) is 29.4 Å². The summed E-state index contributed by atoms with van der Waals surface area (Å²) in [6, 6.07) is 8.91. The van der Waals surface area contributed by atoms with E-state index in [9.17, 15) is 0 Å². The molecule has 0 aromatic heterocycles. The molecule has 3 nitrogen and oxygen atoms in total. The van der Waals surface area contributed by atoms with E-state index >= 15 is 0 Å². The van der Waals surface area contributed by atoms with Crippen molar-refractivity contribution in [3.05, 3.63) is 35.4 Å². The molecule has 0 saturated heterocycles. The average Bonchev–Trinajstić information content (AvgIpc) is 2.83. The van der Waals surface area contributed by atoms with Crippen LogP contribution in [0.25, 0.3) is 0 Å². The summed E-state index contributed by atoms with van der Waals surface area (Å²) >= 11 is 0. The average molecular weight is 385 g/mol. The van der Waals surface area contributed by atoms with Crippen molar-refractivity contribution in [2.45, 2.75) is 31.6 Å². The van der Waals surface area contributed by atoms with Crippen LogP contribution >= 0.6 is 24.0 Å². The molecule has 1 heterocycles. The minimum atomic E-state index is 0. The zero-order valence-corrected chi connectivity index (χ0v) is 14.7. The van der Waals surface area contributed by atoms with Crippen LogP contribution in [0, 0.1) is 0 Å². The number of rotatable bonds is 2. The maximum atomic E-state index is 4.52. The van der Waals surface area contributed by atoms with Gasteiger partial charge in [0, 0.05) is 25.6 Å². The number of fused-ring (bicyclic) bond motifs is 1. The predicted molar refractivity (Wildman–Crippen MR) is 95.1 cm³/mol. The fourth-order valence-corrected chi connectivity index (χ4v) is 3.31. The molecule has 1 atom stereocenters. The lowest BCUT2D eigenvalue weighted by Gasteiger charge is -2.36. The number of nitrogens with zero attached hydrogens (tertiary/aromatic N) is 2. The molecule has 1 N–H and O–H groups in total. The second-order valence-corrected chi connectivity index (χ2v) is 6.05. The highest BCUT2D eigenvalue weighted by atomic mass is 127. The number of aliphatic imine (C=N–C) groups is 1. The fourth-order valence-electron chi connectivity index (χ4n) is 3.31. The summed E-state index contributed by atoms with van der Waals surface area (Å²) in [6.07, 6.45) is 3.78. The highest BCUT2D eigenvalue weighted by Gasteiger charge is 2.32. The van der Waals surface area contributed by atoms with E-state index in [0.717, 1.165) is 25.6 Å². The minimum Gasteiger partial charge on any atom is -0.355 e. The Morgan fingerprint density at radius 1 is 1.35 bits per heavy atom. The normalized spacial score (nSPS) is 24.7. The van der Waals surface area contributed by atoms with Gasteiger partial charge in [-0.1, -0.05) is 31.2 Å². The molecule has 4 heteroatoms. The zero-order valence-electron chi connectivity index (χ0n) is 12.4. The molecule has 1 aliphatic heterocycles. The van der Waals surface area contributed by atoms with E-state index in [2.05, 4.69) is 53.4 Å². The lowest BCUT2D eigenvalue weighted by molar-refractivity contribution is 0.383. The molecular weight excluding hydrogens is 361 g/mol. The van der Waals surface area contributed by atoms with Gasteiger partial charge < -0.3 is 10.2 Å². The summed E-state index contributed by atoms with van der Waals surface area (Å²) in [5.74, 6) is 1.06. The monoisotopic (exact) mass is 385 g/mol. The summed E-state index contributed by atoms with van der Waals surface area (Å²) in [4.78, 5) is 6.73. The van der Waals surface area contributed by atoms with Crippen LogP contribution < -0.4 is 5.32 Å². The van der Waals surface area contributed by atoms with Gasteiger partial charge in [-0.3, -0.25) is 4.99 Å². The molecule has 1 unspecified atom stereocenters. The second-order valence-electron chi connectivity index (χ2n) is 6.05. The summed E-state index contributed by atoms with van der Waals surface area (Å²) in [6.45, 7) is 5.32. The molecule has 0 fully saturated rings. The first-order valence-electron chi connectivity index (χ1n) is 7.27. The topological polar surface area (TPSA) is 27.6 Å². The molecule has 0 spiro atoms. The predicted octanol–water partition coefficient (Wildman–Crippen LogP) is 2.79. The van der Waals surface area contributed by atoms with Gasteiger partial charge in [0.05, 0.1) is 6.54 Å². The van der Waals surface area contributed by atoms with Crippen molar-refractivity contribution in [2.75, 3.05) is 26.7 Å². The van der Waals surface area contributed by atoms with E-state index < -0.39 is 0 Å². The van der Waals surface area contributed by atoms with E-state index in [1.165, 1.54) is 30.4 Å². The Morgan fingerprint density at radius 3 is 2.90 bits per heavy atom. The van der Waals surface area contributed by atoms with Crippen LogP contribution in [0.2, 0.25) is 0 Å². The molecule has 0 amide bonds. The maximum Gasteiger partial charge on any atom is 0.193 e. The molecule has 2 aliphatic rings. The summed E-state index contributed by atoms with van der Waals surface area (Å²) < 4.78 is 0. The third-order valence-electron chi connectivity index (χ3n) is 4.54. The fraction of sp³-hybridized carbons (Fsp3) is 0.562. The van der Waals surface area contributed by atoms with Gasteiger partial charge in [-0.25, -0.2) is 0 Å². The molecule has 0 saturated carbocycles. The van der Waals surface area contributed by atoms with Gasteiger partial charge >= 0.3 is 0 Å². The number of likely N-dealkylation sites (N-methyl/N-ethyl adjacent to an activating group) is 1. The number of guanidine groups is 1. The zero-order chi connectivity index (χ0) is 13.3. The van der Waals surface area contributed by atoms with Gasteiger partial charge in [0.2, 0.25) is 0 Å². The molecule has 1 aromatic carbocycles. The van der Waals surface area contributed by atoms with Crippen molar-refractivity contribution >= 4 is 29.9 Å². The van der Waals surface area contributed by atoms with Gasteiger partial charge in [0.1, 0.15) is 0 Å². The Hall–Kier alpha value is -0.780. The molecule has 0 radical (unpaired) electrons. The SMILES string of the molecule is CN1CCN=C1NCC1(C)CCCc2ccccc21.I. The van der Waals surface area contributed by atoms with Gasteiger partial charge in [0.25, 0.3) is 0 Å². The van der Waals surface area contributed by atoms with E-state index in [1.54, 1.807) is 0 Å². The molecule has 3 rings (SSSR count). The van der Waals surface area contributed by atoms with Crippen molar-refractivity contribution in [1.82, 2.24) is 10.2 Å². The molecule has 1 aromatic rings. The number of aryl methyl sites for hydroxylation is 1. The minimum absolute atomic E-state index is 0. The number of hydrogen-bond acceptors (Lipinski definition) is 3. The highest BCUT2D eigenvalue weighted by molar-refractivity contribution is 14.0. The molecular formula is C16H24IN3. The molecule has 0 bridgehead atoms. The summed E-state index contributed by atoms with van der Waals surface area (Å²) in [5.41, 5.74) is 3.29. The van der Waals surface area contributed by atoms with E-state index in [1.807, 2.05) is 0 Å². The van der Waals surface area contributed by atoms with Crippen LogP contribution in [0.15, 0.2) is 29.3 Å². The van der Waals surface area contributed by atoms with Crippen molar-refractivity contribution in [3.8, 4) is 0 Å². The number of nitrogens with one attached hydrogen (secondary N) is 1. The second kappa shape index (κ2) is 6.33. The quantitative estimate of drug-likeness (QED) is 0.793. The van der Waals surface area contributed by atoms with E-state index in [0.29, 0.717) is 0 Å². The van der Waals surface area contributed by atoms with E-state index in [4.69, 9.17) is 0 Å². The molecule has 1 aliphatic carbocycles. The number of hydrogen-bond donors (Lipinski definition) is 1. The van der Waals surface area contributed by atoms with Gasteiger partial charge in [-0.15, -0.1) is 24.0 Å². The number of halogens is 1. The van der Waals surface area contributed by atoms with Crippen LogP contribution in [0.5, 0.6) is 0 Å². The van der Waals surface area contributed by atoms with Crippen LogP contribution in [-0.4, -0.2) is 37.5 Å². The Bertz CT molecular complexity index is 500. The van der Waals surface area contributed by atoms with Crippen LogP contribution in [-0.2, 0) is 11.8 Å². The Balaban J connectivity index is 0.00000147. The first kappa shape index (κ1) is 15.6. The van der Waals surface area contributed by atoms with Crippen LogP contribution in [0.1, 0.15) is 30.9 Å². The molecule has 110 valence electrons.